The van der Waals surface area contributed by atoms with Gasteiger partial charge in [-0.25, -0.2) is 14.8 Å². The number of hydrogen-bond acceptors (Lipinski definition) is 5. The van der Waals surface area contributed by atoms with Crippen LogP contribution in [-0.2, 0) is 0 Å². The first-order valence-corrected chi connectivity index (χ1v) is 10.0. The Labute approximate surface area is 166 Å². The van der Waals surface area contributed by atoms with Gasteiger partial charge in [0.15, 0.2) is 5.82 Å². The lowest BCUT2D eigenvalue weighted by molar-refractivity contribution is 0.191. The van der Waals surface area contributed by atoms with E-state index in [-0.39, 0.29) is 6.03 Å². The van der Waals surface area contributed by atoms with E-state index in [4.69, 9.17) is 4.98 Å². The molecule has 1 saturated carbocycles. The Bertz CT molecular complexity index is 892. The summed E-state index contributed by atoms with van der Waals surface area (Å²) in [6.07, 6.45) is 6.29. The highest BCUT2D eigenvalue weighted by atomic mass is 16.2. The van der Waals surface area contributed by atoms with Crippen molar-refractivity contribution in [3.05, 3.63) is 35.5 Å². The van der Waals surface area contributed by atoms with E-state index < -0.39 is 0 Å². The molecule has 2 aromatic rings. The number of urea groups is 1. The van der Waals surface area contributed by atoms with Gasteiger partial charge in [-0.2, -0.15) is 4.98 Å². The summed E-state index contributed by atoms with van der Waals surface area (Å²) >= 11 is 0. The van der Waals surface area contributed by atoms with Crippen molar-refractivity contribution in [1.82, 2.24) is 15.0 Å². The normalized spacial score (nSPS) is 17.3. The molecule has 7 heteroatoms. The lowest BCUT2D eigenvalue weighted by Gasteiger charge is -2.45. The monoisotopic (exact) mass is 380 g/mol. The van der Waals surface area contributed by atoms with Gasteiger partial charge in [0, 0.05) is 19.3 Å². The second-order valence-electron chi connectivity index (χ2n) is 7.67. The number of benzene rings is 1. The van der Waals surface area contributed by atoms with Gasteiger partial charge in [-0.3, -0.25) is 9.91 Å². The van der Waals surface area contributed by atoms with Gasteiger partial charge >= 0.3 is 6.03 Å². The number of aryl methyl sites for hydroxylation is 2. The summed E-state index contributed by atoms with van der Waals surface area (Å²) in [6.45, 7) is 6.81. The molecule has 0 unspecified atom stereocenters. The van der Waals surface area contributed by atoms with Crippen molar-refractivity contribution in [3.8, 4) is 0 Å². The second kappa shape index (κ2) is 7.30. The van der Waals surface area contributed by atoms with Gasteiger partial charge in [0.05, 0.1) is 12.2 Å². The predicted molar refractivity (Wildman–Crippen MR) is 112 cm³/mol. The number of aromatic nitrogens is 2. The number of carbonyl (C=O) groups is 1. The molecule has 0 spiro atoms. The minimum Gasteiger partial charge on any atom is -0.324 e. The Kier molecular flexibility index (Phi) is 4.83. The topological polar surface area (TPSA) is 64.6 Å². The summed E-state index contributed by atoms with van der Waals surface area (Å²) < 4.78 is 0. The van der Waals surface area contributed by atoms with Crippen LogP contribution in [0.3, 0.4) is 0 Å². The third-order valence-corrected chi connectivity index (χ3v) is 5.83. The van der Waals surface area contributed by atoms with Crippen LogP contribution in [0.4, 0.5) is 27.9 Å². The summed E-state index contributed by atoms with van der Waals surface area (Å²) in [7, 11) is 1.79. The first-order valence-electron chi connectivity index (χ1n) is 10.0. The fourth-order valence-corrected chi connectivity index (χ4v) is 4.07. The van der Waals surface area contributed by atoms with E-state index in [1.54, 1.807) is 18.1 Å². The highest BCUT2D eigenvalue weighted by molar-refractivity contribution is 5.98. The lowest BCUT2D eigenvalue weighted by atomic mass is 10.1. The molecule has 1 aliphatic heterocycles. The molecule has 0 radical (unpaired) electrons. The maximum absolute atomic E-state index is 12.9. The molecule has 2 aliphatic rings. The van der Waals surface area contributed by atoms with E-state index in [9.17, 15) is 4.79 Å². The molecular weight excluding hydrogens is 352 g/mol. The van der Waals surface area contributed by atoms with Crippen molar-refractivity contribution in [2.75, 3.05) is 28.8 Å². The highest BCUT2D eigenvalue weighted by Gasteiger charge is 2.39. The number of nitrogens with one attached hydrogen (secondary N) is 1. The van der Waals surface area contributed by atoms with Crippen LogP contribution in [0.15, 0.2) is 24.4 Å². The number of rotatable bonds is 4. The Balaban J connectivity index is 1.72. The van der Waals surface area contributed by atoms with E-state index in [1.807, 2.05) is 18.0 Å². The minimum absolute atomic E-state index is 0.0274. The number of hydrazine groups is 1. The lowest BCUT2D eigenvalue weighted by Crippen LogP contribution is -2.59. The quantitative estimate of drug-likeness (QED) is 0.852. The number of carbonyl (C=O) groups excluding carboxylic acids is 1. The van der Waals surface area contributed by atoms with Gasteiger partial charge in [0.1, 0.15) is 5.69 Å². The molecule has 28 heavy (non-hydrogen) atoms. The van der Waals surface area contributed by atoms with Crippen LogP contribution in [-0.4, -0.2) is 40.6 Å². The number of amides is 2. The van der Waals surface area contributed by atoms with E-state index in [0.29, 0.717) is 18.5 Å². The third kappa shape index (κ3) is 3.15. The first kappa shape index (κ1) is 18.5. The number of nitrogens with zero attached hydrogens (tertiary/aromatic N) is 5. The van der Waals surface area contributed by atoms with Crippen molar-refractivity contribution in [2.45, 2.75) is 52.5 Å². The van der Waals surface area contributed by atoms with Crippen LogP contribution in [0.1, 0.15) is 43.7 Å². The highest BCUT2D eigenvalue weighted by Crippen LogP contribution is 2.38. The molecule has 1 aromatic carbocycles. The second-order valence-corrected chi connectivity index (χ2v) is 7.67. The van der Waals surface area contributed by atoms with Crippen molar-refractivity contribution in [2.24, 2.45) is 0 Å². The van der Waals surface area contributed by atoms with Gasteiger partial charge in [-0.15, -0.1) is 0 Å². The SMILES string of the molecule is CCN1C(=O)N(C)c2cnc(Nc3ccc(C)c(C)c3)nc2N1C1CCCC1. The van der Waals surface area contributed by atoms with Crippen LogP contribution < -0.4 is 15.2 Å². The maximum Gasteiger partial charge on any atom is 0.343 e. The predicted octanol–water partition coefficient (Wildman–Crippen LogP) is 4.39. The zero-order valence-corrected chi connectivity index (χ0v) is 17.1. The first-order chi connectivity index (χ1) is 13.5. The van der Waals surface area contributed by atoms with Crippen molar-refractivity contribution in [3.63, 3.8) is 0 Å². The summed E-state index contributed by atoms with van der Waals surface area (Å²) in [6, 6.07) is 6.50. The van der Waals surface area contributed by atoms with Crippen LogP contribution in [0.5, 0.6) is 0 Å². The summed E-state index contributed by atoms with van der Waals surface area (Å²) in [5.74, 6) is 1.35. The fourth-order valence-electron chi connectivity index (χ4n) is 4.07. The van der Waals surface area contributed by atoms with E-state index in [0.717, 1.165) is 30.0 Å². The molecule has 1 aromatic heterocycles. The molecule has 1 aliphatic carbocycles. The van der Waals surface area contributed by atoms with Gasteiger partial charge < -0.3 is 5.32 Å². The molecule has 7 nitrogen and oxygen atoms in total. The summed E-state index contributed by atoms with van der Waals surface area (Å²) in [4.78, 5) is 23.8. The molecular formula is C21H28N6O. The molecule has 1 fully saturated rings. The summed E-state index contributed by atoms with van der Waals surface area (Å²) in [5.41, 5.74) is 4.19. The maximum atomic E-state index is 12.9. The number of hydrogen-bond donors (Lipinski definition) is 1. The number of anilines is 4. The zero-order chi connectivity index (χ0) is 19.8. The van der Waals surface area contributed by atoms with Crippen LogP contribution in [0, 0.1) is 13.8 Å². The minimum atomic E-state index is -0.0274. The molecule has 2 heterocycles. The average molecular weight is 380 g/mol. The molecule has 148 valence electrons. The number of fused-ring (bicyclic) bond motifs is 1. The van der Waals surface area contributed by atoms with Crippen LogP contribution in [0.2, 0.25) is 0 Å². The largest absolute Gasteiger partial charge is 0.343 e. The average Bonchev–Trinajstić information content (AvgIpc) is 3.21. The molecule has 0 atom stereocenters. The molecule has 4 rings (SSSR count). The van der Waals surface area contributed by atoms with Crippen LogP contribution in [0.25, 0.3) is 0 Å². The van der Waals surface area contributed by atoms with Crippen molar-refractivity contribution in [1.29, 1.82) is 0 Å². The zero-order valence-electron chi connectivity index (χ0n) is 17.1. The molecule has 2 amide bonds. The van der Waals surface area contributed by atoms with E-state index in [2.05, 4.69) is 41.3 Å². The standard InChI is InChI=1S/C21H28N6O/c1-5-26-21(28)25(4)18-13-22-20(23-16-11-10-14(2)15(3)12-16)24-19(18)27(26)17-8-6-7-9-17/h10-13,17H,5-9H2,1-4H3,(H,22,23,24). The fraction of sp³-hybridized carbons (Fsp3) is 0.476. The Morgan fingerprint density at radius 3 is 2.61 bits per heavy atom. The Morgan fingerprint density at radius 1 is 1.18 bits per heavy atom. The van der Waals surface area contributed by atoms with Crippen molar-refractivity contribution >= 4 is 29.2 Å². The van der Waals surface area contributed by atoms with E-state index in [1.165, 1.54) is 24.0 Å². The Hall–Kier alpha value is -2.83. The van der Waals surface area contributed by atoms with Crippen molar-refractivity contribution < 1.29 is 4.79 Å². The third-order valence-electron chi connectivity index (χ3n) is 5.83. The van der Waals surface area contributed by atoms with Gasteiger partial charge in [0.25, 0.3) is 0 Å². The molecule has 1 N–H and O–H groups in total. The summed E-state index contributed by atoms with van der Waals surface area (Å²) in [5, 5.41) is 7.24. The van der Waals surface area contributed by atoms with Crippen LogP contribution >= 0.6 is 0 Å². The Morgan fingerprint density at radius 2 is 1.93 bits per heavy atom. The van der Waals surface area contributed by atoms with Gasteiger partial charge in [-0.05, 0) is 56.9 Å². The molecule has 0 bridgehead atoms. The molecule has 0 saturated heterocycles. The van der Waals surface area contributed by atoms with E-state index >= 15 is 0 Å². The van der Waals surface area contributed by atoms with Gasteiger partial charge in [-0.1, -0.05) is 18.9 Å². The smallest absolute Gasteiger partial charge is 0.324 e. The van der Waals surface area contributed by atoms with Gasteiger partial charge in [0.2, 0.25) is 5.95 Å².